The number of ether oxygens (including phenoxy) is 1. The highest BCUT2D eigenvalue weighted by Crippen LogP contribution is 2.32. The van der Waals surface area contributed by atoms with Gasteiger partial charge in [-0.2, -0.15) is 0 Å². The number of aromatic carboxylic acids is 1. The van der Waals surface area contributed by atoms with Gasteiger partial charge in [0.25, 0.3) is 0 Å². The molecule has 19 heavy (non-hydrogen) atoms. The molecule has 0 aliphatic heterocycles. The molecule has 0 aliphatic rings. The Kier molecular flexibility index (Phi) is 4.12. The predicted molar refractivity (Wildman–Crippen MR) is 75.3 cm³/mol. The number of carbonyl (C=O) groups is 1. The molecule has 0 bridgehead atoms. The van der Waals surface area contributed by atoms with Crippen molar-refractivity contribution in [3.05, 3.63) is 53.6 Å². The van der Waals surface area contributed by atoms with Crippen LogP contribution in [0.1, 0.15) is 15.9 Å². The van der Waals surface area contributed by atoms with Crippen LogP contribution in [0.3, 0.4) is 0 Å². The highest BCUT2D eigenvalue weighted by molar-refractivity contribution is 7.99. The molecule has 1 N–H and O–H groups in total. The summed E-state index contributed by atoms with van der Waals surface area (Å²) in [6, 6.07) is 13.0. The molecule has 2 rings (SSSR count). The van der Waals surface area contributed by atoms with Crippen LogP contribution in [0.15, 0.2) is 52.3 Å². The minimum absolute atomic E-state index is 0.327. The first-order valence-electron chi connectivity index (χ1n) is 5.76. The van der Waals surface area contributed by atoms with Crippen LogP contribution >= 0.6 is 11.8 Å². The first-order valence-corrected chi connectivity index (χ1v) is 6.57. The molecule has 98 valence electrons. The quantitative estimate of drug-likeness (QED) is 0.919. The van der Waals surface area contributed by atoms with E-state index in [1.165, 1.54) is 11.8 Å². The van der Waals surface area contributed by atoms with Crippen molar-refractivity contribution >= 4 is 17.7 Å². The van der Waals surface area contributed by atoms with E-state index in [4.69, 9.17) is 4.74 Å². The second-order valence-corrected chi connectivity index (χ2v) is 5.20. The van der Waals surface area contributed by atoms with Gasteiger partial charge in [-0.1, -0.05) is 29.5 Å². The van der Waals surface area contributed by atoms with Crippen LogP contribution in [0.2, 0.25) is 0 Å². The Morgan fingerprint density at radius 3 is 2.68 bits per heavy atom. The first-order chi connectivity index (χ1) is 9.10. The van der Waals surface area contributed by atoms with Crippen LogP contribution in [0.25, 0.3) is 0 Å². The maximum Gasteiger partial charge on any atom is 0.336 e. The van der Waals surface area contributed by atoms with E-state index in [2.05, 4.69) is 0 Å². The van der Waals surface area contributed by atoms with E-state index in [0.29, 0.717) is 5.56 Å². The highest BCUT2D eigenvalue weighted by Gasteiger charge is 2.11. The van der Waals surface area contributed by atoms with Gasteiger partial charge in [0, 0.05) is 9.79 Å². The van der Waals surface area contributed by atoms with Crippen LogP contribution < -0.4 is 4.74 Å². The normalized spacial score (nSPS) is 10.2. The van der Waals surface area contributed by atoms with Crippen LogP contribution in [-0.2, 0) is 0 Å². The highest BCUT2D eigenvalue weighted by atomic mass is 32.2. The Bertz CT molecular complexity index is 608. The monoisotopic (exact) mass is 274 g/mol. The summed E-state index contributed by atoms with van der Waals surface area (Å²) in [6.45, 7) is 1.88. The van der Waals surface area contributed by atoms with E-state index in [0.717, 1.165) is 21.1 Å². The lowest BCUT2D eigenvalue weighted by Gasteiger charge is -2.08. The Labute approximate surface area is 116 Å². The largest absolute Gasteiger partial charge is 0.497 e. The number of benzene rings is 2. The third-order valence-electron chi connectivity index (χ3n) is 2.63. The van der Waals surface area contributed by atoms with Gasteiger partial charge >= 0.3 is 5.97 Å². The van der Waals surface area contributed by atoms with Gasteiger partial charge in [-0.25, -0.2) is 4.79 Å². The van der Waals surface area contributed by atoms with Crippen molar-refractivity contribution < 1.29 is 14.6 Å². The molecule has 0 aromatic heterocycles. The molecule has 0 heterocycles. The van der Waals surface area contributed by atoms with Crippen molar-refractivity contribution in [2.45, 2.75) is 16.7 Å². The fourth-order valence-corrected chi connectivity index (χ4v) is 2.66. The lowest BCUT2D eigenvalue weighted by molar-refractivity contribution is 0.0693. The van der Waals surface area contributed by atoms with Crippen molar-refractivity contribution in [1.29, 1.82) is 0 Å². The summed E-state index contributed by atoms with van der Waals surface area (Å²) < 4.78 is 5.16. The standard InChI is InChI=1S/C15H14O3S/c1-10-6-7-14(13(8-10)15(16)17)19-12-5-3-4-11(9-12)18-2/h3-9H,1-2H3,(H,16,17). The van der Waals surface area contributed by atoms with Crippen molar-refractivity contribution in [3.8, 4) is 5.75 Å². The van der Waals surface area contributed by atoms with Gasteiger partial charge in [0.15, 0.2) is 0 Å². The minimum atomic E-state index is -0.908. The fraction of sp³-hybridized carbons (Fsp3) is 0.133. The summed E-state index contributed by atoms with van der Waals surface area (Å²) in [6.07, 6.45) is 0. The molecule has 0 fully saturated rings. The topological polar surface area (TPSA) is 46.5 Å². The molecule has 0 saturated heterocycles. The van der Waals surface area contributed by atoms with Gasteiger partial charge in [0.2, 0.25) is 0 Å². The van der Waals surface area contributed by atoms with E-state index < -0.39 is 5.97 Å². The number of aryl methyl sites for hydroxylation is 1. The molecule has 0 spiro atoms. The molecule has 0 aliphatic carbocycles. The fourth-order valence-electron chi connectivity index (χ4n) is 1.69. The maximum atomic E-state index is 11.2. The zero-order valence-electron chi connectivity index (χ0n) is 10.7. The Balaban J connectivity index is 2.34. The molecule has 3 nitrogen and oxygen atoms in total. The van der Waals surface area contributed by atoms with Crippen molar-refractivity contribution in [1.82, 2.24) is 0 Å². The summed E-state index contributed by atoms with van der Waals surface area (Å²) in [5.74, 6) is -0.150. The van der Waals surface area contributed by atoms with Gasteiger partial charge in [-0.05, 0) is 37.3 Å². The van der Waals surface area contributed by atoms with E-state index in [1.54, 1.807) is 13.2 Å². The second-order valence-electron chi connectivity index (χ2n) is 4.09. The third-order valence-corrected chi connectivity index (χ3v) is 3.70. The molecule has 4 heteroatoms. The van der Waals surface area contributed by atoms with Gasteiger partial charge < -0.3 is 9.84 Å². The molecule has 2 aromatic carbocycles. The molecule has 0 radical (unpaired) electrons. The van der Waals surface area contributed by atoms with Crippen LogP contribution in [0, 0.1) is 6.92 Å². The Morgan fingerprint density at radius 1 is 1.21 bits per heavy atom. The molecular weight excluding hydrogens is 260 g/mol. The Hall–Kier alpha value is -1.94. The van der Waals surface area contributed by atoms with Crippen LogP contribution in [-0.4, -0.2) is 18.2 Å². The Morgan fingerprint density at radius 2 is 2.00 bits per heavy atom. The number of carboxylic acid groups (broad SMARTS) is 1. The molecular formula is C15H14O3S. The van der Waals surface area contributed by atoms with Crippen LogP contribution in [0.4, 0.5) is 0 Å². The second kappa shape index (κ2) is 5.80. The predicted octanol–water partition coefficient (Wildman–Crippen LogP) is 3.85. The van der Waals surface area contributed by atoms with Gasteiger partial charge in [0.05, 0.1) is 12.7 Å². The zero-order valence-corrected chi connectivity index (χ0v) is 11.5. The van der Waals surface area contributed by atoms with E-state index in [9.17, 15) is 9.90 Å². The number of carboxylic acids is 1. The average Bonchev–Trinajstić information content (AvgIpc) is 2.41. The molecule has 0 atom stereocenters. The van der Waals surface area contributed by atoms with Crippen molar-refractivity contribution in [3.63, 3.8) is 0 Å². The number of hydrogen-bond donors (Lipinski definition) is 1. The summed E-state index contributed by atoms with van der Waals surface area (Å²) >= 11 is 1.42. The van der Waals surface area contributed by atoms with Gasteiger partial charge in [0.1, 0.15) is 5.75 Å². The van der Waals surface area contributed by atoms with Crippen molar-refractivity contribution in [2.75, 3.05) is 7.11 Å². The summed E-state index contributed by atoms with van der Waals surface area (Å²) in [4.78, 5) is 12.9. The SMILES string of the molecule is COc1cccc(Sc2ccc(C)cc2C(=O)O)c1. The molecule has 0 saturated carbocycles. The van der Waals surface area contributed by atoms with Crippen molar-refractivity contribution in [2.24, 2.45) is 0 Å². The summed E-state index contributed by atoms with van der Waals surface area (Å²) in [5, 5.41) is 9.23. The molecule has 0 amide bonds. The smallest absolute Gasteiger partial charge is 0.336 e. The summed E-state index contributed by atoms with van der Waals surface area (Å²) in [5.41, 5.74) is 1.26. The van der Waals surface area contributed by atoms with E-state index >= 15 is 0 Å². The number of rotatable bonds is 4. The number of hydrogen-bond acceptors (Lipinski definition) is 3. The lowest BCUT2D eigenvalue weighted by atomic mass is 10.1. The van der Waals surface area contributed by atoms with E-state index in [-0.39, 0.29) is 0 Å². The third kappa shape index (κ3) is 3.29. The maximum absolute atomic E-state index is 11.2. The van der Waals surface area contributed by atoms with Gasteiger partial charge in [-0.15, -0.1) is 0 Å². The van der Waals surface area contributed by atoms with E-state index in [1.807, 2.05) is 43.3 Å². The van der Waals surface area contributed by atoms with Gasteiger partial charge in [-0.3, -0.25) is 0 Å². The molecule has 0 unspecified atom stereocenters. The molecule has 2 aromatic rings. The minimum Gasteiger partial charge on any atom is -0.497 e. The first kappa shape index (κ1) is 13.5. The zero-order chi connectivity index (χ0) is 13.8. The average molecular weight is 274 g/mol. The lowest BCUT2D eigenvalue weighted by Crippen LogP contribution is -1.99. The van der Waals surface area contributed by atoms with Crippen LogP contribution in [0.5, 0.6) is 5.75 Å². The number of methoxy groups -OCH3 is 1. The summed E-state index contributed by atoms with van der Waals surface area (Å²) in [7, 11) is 1.61.